The number of aliphatic carboxylic acids is 1. The van der Waals surface area contributed by atoms with Crippen molar-refractivity contribution in [1.29, 1.82) is 0 Å². The van der Waals surface area contributed by atoms with Crippen LogP contribution in [0.5, 0.6) is 0 Å². The standard InChI is InChI=1S/C27H32N2O6/c1-15(2)22(24(30)29-23(25(31)32)16(3)35-27(29,4)5)28-26(33)34-14-21-19-12-8-6-10-17(19)18-11-7-9-13-20(18)21/h6-13,15-16,21-23H,14H2,1-5H3,(H,28,33)(H,31,32)/t16-,22-,23-/m0/s1. The predicted octanol–water partition coefficient (Wildman–Crippen LogP) is 3.99. The van der Waals surface area contributed by atoms with Crippen LogP contribution >= 0.6 is 0 Å². The number of carboxylic acids is 1. The van der Waals surface area contributed by atoms with E-state index in [1.807, 2.05) is 36.4 Å². The van der Waals surface area contributed by atoms with Crippen molar-refractivity contribution in [2.75, 3.05) is 6.61 Å². The van der Waals surface area contributed by atoms with Crippen molar-refractivity contribution in [3.63, 3.8) is 0 Å². The van der Waals surface area contributed by atoms with Gasteiger partial charge in [-0.1, -0.05) is 62.4 Å². The van der Waals surface area contributed by atoms with Gasteiger partial charge in [-0.15, -0.1) is 0 Å². The summed E-state index contributed by atoms with van der Waals surface area (Å²) >= 11 is 0. The lowest BCUT2D eigenvalue weighted by Gasteiger charge is -2.36. The Hall–Kier alpha value is -3.39. The SMILES string of the molecule is CC(C)[C@H](NC(=O)OCC1c2ccccc2-c2ccccc21)C(=O)N1[C@H](C(=O)O)[C@H](C)OC1(C)C. The second-order valence-corrected chi connectivity index (χ2v) is 9.95. The third kappa shape index (κ3) is 4.50. The van der Waals surface area contributed by atoms with Crippen molar-refractivity contribution in [2.24, 2.45) is 5.92 Å². The summed E-state index contributed by atoms with van der Waals surface area (Å²) in [5, 5.41) is 12.4. The van der Waals surface area contributed by atoms with Crippen LogP contribution < -0.4 is 5.32 Å². The number of carbonyl (C=O) groups excluding carboxylic acids is 2. The Morgan fingerprint density at radius 3 is 2.11 bits per heavy atom. The van der Waals surface area contributed by atoms with Gasteiger partial charge in [0.2, 0.25) is 5.91 Å². The molecule has 0 unspecified atom stereocenters. The number of amides is 2. The zero-order valence-electron chi connectivity index (χ0n) is 20.6. The molecule has 2 aromatic rings. The molecule has 0 bridgehead atoms. The smallest absolute Gasteiger partial charge is 0.407 e. The zero-order valence-corrected chi connectivity index (χ0v) is 20.6. The van der Waals surface area contributed by atoms with Crippen LogP contribution in [0.15, 0.2) is 48.5 Å². The number of hydrogen-bond donors (Lipinski definition) is 2. The first-order valence-corrected chi connectivity index (χ1v) is 11.9. The normalized spacial score (nSPS) is 21.4. The van der Waals surface area contributed by atoms with Gasteiger partial charge in [-0.25, -0.2) is 9.59 Å². The number of rotatable bonds is 6. The largest absolute Gasteiger partial charge is 0.480 e. The number of hydrogen-bond acceptors (Lipinski definition) is 5. The van der Waals surface area contributed by atoms with E-state index in [1.165, 1.54) is 4.90 Å². The summed E-state index contributed by atoms with van der Waals surface area (Å²) in [6, 6.07) is 14.0. The molecule has 0 aromatic heterocycles. The minimum absolute atomic E-state index is 0.107. The average molecular weight is 481 g/mol. The van der Waals surface area contributed by atoms with E-state index in [0.717, 1.165) is 22.3 Å². The number of carbonyl (C=O) groups is 3. The van der Waals surface area contributed by atoms with Crippen molar-refractivity contribution in [1.82, 2.24) is 10.2 Å². The summed E-state index contributed by atoms with van der Waals surface area (Å²) in [4.78, 5) is 39.5. The van der Waals surface area contributed by atoms with E-state index in [0.29, 0.717) is 0 Å². The first kappa shape index (κ1) is 24.7. The number of carboxylic acid groups (broad SMARTS) is 1. The Morgan fingerprint density at radius 1 is 1.06 bits per heavy atom. The molecule has 1 heterocycles. The molecule has 2 aromatic carbocycles. The number of benzene rings is 2. The monoisotopic (exact) mass is 480 g/mol. The van der Waals surface area contributed by atoms with Crippen LogP contribution in [0.1, 0.15) is 51.7 Å². The average Bonchev–Trinajstić information content (AvgIpc) is 3.25. The highest BCUT2D eigenvalue weighted by atomic mass is 16.6. The Kier molecular flexibility index (Phi) is 6.60. The summed E-state index contributed by atoms with van der Waals surface area (Å²) < 4.78 is 11.4. The fourth-order valence-corrected chi connectivity index (χ4v) is 5.27. The highest BCUT2D eigenvalue weighted by Gasteiger charge is 2.53. The lowest BCUT2D eigenvalue weighted by molar-refractivity contribution is -0.157. The zero-order chi connectivity index (χ0) is 25.5. The summed E-state index contributed by atoms with van der Waals surface area (Å²) in [7, 11) is 0. The van der Waals surface area contributed by atoms with Crippen molar-refractivity contribution in [3.8, 4) is 11.1 Å². The van der Waals surface area contributed by atoms with Crippen molar-refractivity contribution >= 4 is 18.0 Å². The second-order valence-electron chi connectivity index (χ2n) is 9.95. The Labute approximate surface area is 205 Å². The van der Waals surface area contributed by atoms with E-state index in [9.17, 15) is 19.5 Å². The van der Waals surface area contributed by atoms with Gasteiger partial charge in [0.25, 0.3) is 0 Å². The molecular weight excluding hydrogens is 448 g/mol. The minimum atomic E-state index is -1.15. The molecule has 4 rings (SSSR count). The fraction of sp³-hybridized carbons (Fsp3) is 0.444. The topological polar surface area (TPSA) is 105 Å². The molecule has 1 fully saturated rings. The first-order valence-electron chi connectivity index (χ1n) is 11.9. The van der Waals surface area contributed by atoms with E-state index in [4.69, 9.17) is 9.47 Å². The third-order valence-electron chi connectivity index (χ3n) is 6.82. The van der Waals surface area contributed by atoms with Gasteiger partial charge in [0.15, 0.2) is 6.04 Å². The third-order valence-corrected chi connectivity index (χ3v) is 6.82. The molecule has 1 aliphatic carbocycles. The first-order chi connectivity index (χ1) is 16.5. The molecule has 35 heavy (non-hydrogen) atoms. The molecular formula is C27H32N2O6. The van der Waals surface area contributed by atoms with Gasteiger partial charge in [0, 0.05) is 5.92 Å². The highest BCUT2D eigenvalue weighted by Crippen LogP contribution is 2.44. The summed E-state index contributed by atoms with van der Waals surface area (Å²) in [6.07, 6.45) is -1.41. The van der Waals surface area contributed by atoms with Crippen LogP contribution in [0.4, 0.5) is 4.79 Å². The van der Waals surface area contributed by atoms with Gasteiger partial charge in [-0.2, -0.15) is 0 Å². The van der Waals surface area contributed by atoms with E-state index >= 15 is 0 Å². The van der Waals surface area contributed by atoms with Gasteiger partial charge in [0.05, 0.1) is 6.10 Å². The molecule has 8 heteroatoms. The molecule has 2 amide bonds. The van der Waals surface area contributed by atoms with Crippen LogP contribution in [-0.4, -0.2) is 58.5 Å². The predicted molar refractivity (Wildman–Crippen MR) is 130 cm³/mol. The maximum Gasteiger partial charge on any atom is 0.407 e. The van der Waals surface area contributed by atoms with E-state index in [2.05, 4.69) is 17.4 Å². The molecule has 3 atom stereocenters. The van der Waals surface area contributed by atoms with Crippen molar-refractivity contribution in [3.05, 3.63) is 59.7 Å². The van der Waals surface area contributed by atoms with Gasteiger partial charge in [0.1, 0.15) is 18.4 Å². The number of nitrogens with zero attached hydrogens (tertiary/aromatic N) is 1. The van der Waals surface area contributed by atoms with E-state index in [1.54, 1.807) is 34.6 Å². The fourth-order valence-electron chi connectivity index (χ4n) is 5.27. The summed E-state index contributed by atoms with van der Waals surface area (Å²) in [6.45, 7) is 8.61. The molecule has 0 saturated carbocycles. The van der Waals surface area contributed by atoms with Crippen molar-refractivity contribution < 1.29 is 29.0 Å². The maximum atomic E-state index is 13.5. The highest BCUT2D eigenvalue weighted by molar-refractivity contribution is 5.90. The molecule has 1 aliphatic heterocycles. The van der Waals surface area contributed by atoms with Crippen LogP contribution in [0.2, 0.25) is 0 Å². The van der Waals surface area contributed by atoms with Crippen LogP contribution in [0, 0.1) is 5.92 Å². The van der Waals surface area contributed by atoms with Crippen LogP contribution in [0.3, 0.4) is 0 Å². The lowest BCUT2D eigenvalue weighted by atomic mass is 9.98. The molecule has 1 saturated heterocycles. The quantitative estimate of drug-likeness (QED) is 0.648. The second kappa shape index (κ2) is 9.34. The minimum Gasteiger partial charge on any atom is -0.480 e. The molecule has 2 aliphatic rings. The Bertz CT molecular complexity index is 1100. The molecule has 2 N–H and O–H groups in total. The van der Waals surface area contributed by atoms with Gasteiger partial charge < -0.3 is 19.9 Å². The molecule has 0 spiro atoms. The van der Waals surface area contributed by atoms with Gasteiger partial charge in [-0.3, -0.25) is 9.69 Å². The Balaban J connectivity index is 1.49. The number of ether oxygens (including phenoxy) is 2. The van der Waals surface area contributed by atoms with E-state index in [-0.39, 0.29) is 18.4 Å². The lowest BCUT2D eigenvalue weighted by Crippen LogP contribution is -2.59. The molecule has 8 nitrogen and oxygen atoms in total. The molecule has 186 valence electrons. The van der Waals surface area contributed by atoms with Gasteiger partial charge >= 0.3 is 12.1 Å². The molecule has 0 radical (unpaired) electrons. The van der Waals surface area contributed by atoms with Crippen molar-refractivity contribution in [2.45, 2.75) is 64.4 Å². The van der Waals surface area contributed by atoms with E-state index < -0.39 is 41.9 Å². The number of nitrogens with one attached hydrogen (secondary N) is 1. The van der Waals surface area contributed by atoms with Crippen LogP contribution in [-0.2, 0) is 19.1 Å². The maximum absolute atomic E-state index is 13.5. The van der Waals surface area contributed by atoms with Crippen LogP contribution in [0.25, 0.3) is 11.1 Å². The van der Waals surface area contributed by atoms with Gasteiger partial charge in [-0.05, 0) is 48.9 Å². The Morgan fingerprint density at radius 2 is 1.60 bits per heavy atom. The summed E-state index contributed by atoms with van der Waals surface area (Å²) in [5.74, 6) is -2.08. The summed E-state index contributed by atoms with van der Waals surface area (Å²) in [5.41, 5.74) is 3.30. The number of alkyl carbamates (subject to hydrolysis) is 1. The number of fused-ring (bicyclic) bond motifs is 3.